The van der Waals surface area contributed by atoms with Crippen LogP contribution in [-0.2, 0) is 4.79 Å². The molecule has 1 unspecified atom stereocenters. The minimum absolute atomic E-state index is 0. The van der Waals surface area contributed by atoms with Crippen LogP contribution >= 0.6 is 12.4 Å². The Balaban J connectivity index is 0.00000161. The smallest absolute Gasteiger partial charge is 0.319 e. The lowest BCUT2D eigenvalue weighted by atomic mass is 9.87. The van der Waals surface area contributed by atoms with E-state index in [0.29, 0.717) is 0 Å². The van der Waals surface area contributed by atoms with Crippen molar-refractivity contribution >= 4 is 34.9 Å². The number of hydrogen-bond donors (Lipinski definition) is 0. The van der Waals surface area contributed by atoms with Crippen LogP contribution in [0.15, 0.2) is 30.5 Å². The lowest BCUT2D eigenvalue weighted by Crippen LogP contribution is -2.17. The van der Waals surface area contributed by atoms with Gasteiger partial charge in [-0.1, -0.05) is 30.0 Å². The average molecular weight is 307 g/mol. The minimum Gasteiger partial charge on any atom is -0.319 e. The van der Waals surface area contributed by atoms with E-state index < -0.39 is 0 Å². The first kappa shape index (κ1) is 15.6. The predicted molar refractivity (Wildman–Crippen MR) is 85.2 cm³/mol. The fourth-order valence-electron chi connectivity index (χ4n) is 2.62. The van der Waals surface area contributed by atoms with Crippen LogP contribution < -0.4 is 4.84 Å². The molecule has 21 heavy (non-hydrogen) atoms. The highest BCUT2D eigenvalue weighted by Crippen LogP contribution is 2.31. The van der Waals surface area contributed by atoms with Gasteiger partial charge in [0.1, 0.15) is 5.52 Å². The number of carbonyl (C=O) groups is 1. The summed E-state index contributed by atoms with van der Waals surface area (Å²) in [4.78, 5) is 17.5. The maximum absolute atomic E-state index is 11.1. The fourth-order valence-corrected chi connectivity index (χ4v) is 2.62. The Morgan fingerprint density at radius 1 is 1.43 bits per heavy atom. The molecule has 1 aromatic heterocycles. The van der Waals surface area contributed by atoms with Crippen molar-refractivity contribution in [3.63, 3.8) is 0 Å². The maximum atomic E-state index is 11.1. The fraction of sp³-hybridized carbons (Fsp3) is 0.375. The van der Waals surface area contributed by atoms with Crippen molar-refractivity contribution in [3.05, 3.63) is 36.0 Å². The highest BCUT2D eigenvalue weighted by molar-refractivity contribution is 5.85. The van der Waals surface area contributed by atoms with E-state index in [4.69, 9.17) is 4.84 Å². The molecule has 1 aliphatic rings. The van der Waals surface area contributed by atoms with Crippen molar-refractivity contribution in [2.75, 3.05) is 0 Å². The Morgan fingerprint density at radius 2 is 2.24 bits per heavy atom. The van der Waals surface area contributed by atoms with Gasteiger partial charge in [-0.15, -0.1) is 17.5 Å². The van der Waals surface area contributed by atoms with E-state index in [9.17, 15) is 4.79 Å². The molecule has 0 fully saturated rings. The summed E-state index contributed by atoms with van der Waals surface area (Å²) in [6.45, 7) is 3.66. The Kier molecular flexibility index (Phi) is 4.68. The molecule has 0 bridgehead atoms. The molecular weight excluding hydrogens is 288 g/mol. The molecule has 1 aromatic carbocycles. The second kappa shape index (κ2) is 6.31. The van der Waals surface area contributed by atoms with Crippen LogP contribution in [0.3, 0.4) is 0 Å². The quantitative estimate of drug-likeness (QED) is 0.851. The number of allylic oxidation sites excluding steroid dienone is 2. The van der Waals surface area contributed by atoms with Crippen molar-refractivity contribution in [1.29, 1.82) is 0 Å². The summed E-state index contributed by atoms with van der Waals surface area (Å²) in [5, 5.41) is 5.06. The van der Waals surface area contributed by atoms with Crippen LogP contribution in [0.25, 0.3) is 16.5 Å². The number of fused-ring (bicyclic) bond motifs is 1. The molecule has 0 saturated carbocycles. The number of nitrogens with zero attached hydrogens (tertiary/aromatic N) is 2. The van der Waals surface area contributed by atoms with Gasteiger partial charge in [-0.05, 0) is 42.4 Å². The van der Waals surface area contributed by atoms with E-state index in [1.54, 1.807) is 6.20 Å². The van der Waals surface area contributed by atoms with Crippen LogP contribution in [0.5, 0.6) is 0 Å². The second-order valence-corrected chi connectivity index (χ2v) is 5.48. The number of carbonyl (C=O) groups excluding carboxylic acids is 1. The molecule has 1 atom stereocenters. The van der Waals surface area contributed by atoms with Crippen LogP contribution in [0.2, 0.25) is 0 Å². The third kappa shape index (κ3) is 3.27. The Morgan fingerprint density at radius 3 is 2.90 bits per heavy atom. The van der Waals surface area contributed by atoms with Gasteiger partial charge in [0, 0.05) is 12.3 Å². The van der Waals surface area contributed by atoms with E-state index in [1.165, 1.54) is 29.3 Å². The van der Waals surface area contributed by atoms with Gasteiger partial charge in [0.25, 0.3) is 0 Å². The number of halogens is 1. The van der Waals surface area contributed by atoms with Gasteiger partial charge < -0.3 is 4.84 Å². The topological polar surface area (TPSA) is 44.1 Å². The molecule has 4 nitrogen and oxygen atoms in total. The monoisotopic (exact) mass is 306 g/mol. The first-order chi connectivity index (χ1) is 9.63. The average Bonchev–Trinajstić information content (AvgIpc) is 2.81. The maximum Gasteiger partial charge on any atom is 0.331 e. The third-order valence-corrected chi connectivity index (χ3v) is 3.80. The van der Waals surface area contributed by atoms with Crippen molar-refractivity contribution in [3.8, 4) is 0 Å². The first-order valence-electron chi connectivity index (χ1n) is 6.99. The number of rotatable bonds is 2. The standard InChI is InChI=1S/C16H18N2O2.ClH/c1-11-3-5-13(6-4-11)14-7-8-15-10-17-18(16(15)9-14)20-12(2)19;/h5,7-11H,3-4,6H2,1-2H3;1H. The van der Waals surface area contributed by atoms with Gasteiger partial charge in [-0.2, -0.15) is 0 Å². The second-order valence-electron chi connectivity index (χ2n) is 5.48. The first-order valence-corrected chi connectivity index (χ1v) is 6.99. The van der Waals surface area contributed by atoms with Gasteiger partial charge in [0.05, 0.1) is 6.20 Å². The van der Waals surface area contributed by atoms with Crippen LogP contribution in [0.4, 0.5) is 0 Å². The van der Waals surface area contributed by atoms with E-state index in [1.807, 2.05) is 12.1 Å². The zero-order chi connectivity index (χ0) is 14.1. The van der Waals surface area contributed by atoms with E-state index in [0.717, 1.165) is 29.7 Å². The lowest BCUT2D eigenvalue weighted by Gasteiger charge is -2.18. The molecule has 0 saturated heterocycles. The van der Waals surface area contributed by atoms with Gasteiger partial charge >= 0.3 is 5.97 Å². The Labute approximate surface area is 130 Å². The van der Waals surface area contributed by atoms with Crippen molar-refractivity contribution in [2.45, 2.75) is 33.1 Å². The van der Waals surface area contributed by atoms with Crippen LogP contribution in [-0.4, -0.2) is 15.9 Å². The van der Waals surface area contributed by atoms with Crippen LogP contribution in [0, 0.1) is 5.92 Å². The van der Waals surface area contributed by atoms with E-state index in [2.05, 4.69) is 24.2 Å². The summed E-state index contributed by atoms with van der Waals surface area (Å²) in [5.74, 6) is 0.403. The molecule has 112 valence electrons. The molecule has 5 heteroatoms. The highest BCUT2D eigenvalue weighted by Gasteiger charge is 2.13. The number of benzene rings is 1. The van der Waals surface area contributed by atoms with Gasteiger partial charge in [-0.3, -0.25) is 0 Å². The van der Waals surface area contributed by atoms with E-state index in [-0.39, 0.29) is 18.4 Å². The zero-order valence-corrected chi connectivity index (χ0v) is 13.0. The third-order valence-electron chi connectivity index (χ3n) is 3.80. The lowest BCUT2D eigenvalue weighted by molar-refractivity contribution is -0.142. The molecule has 1 heterocycles. The number of aromatic nitrogens is 2. The molecule has 3 rings (SSSR count). The molecule has 0 aliphatic heterocycles. The van der Waals surface area contributed by atoms with E-state index >= 15 is 0 Å². The van der Waals surface area contributed by atoms with Crippen molar-refractivity contribution in [2.24, 2.45) is 5.92 Å². The van der Waals surface area contributed by atoms with Gasteiger partial charge in [0.15, 0.2) is 0 Å². The number of hydrogen-bond acceptors (Lipinski definition) is 3. The van der Waals surface area contributed by atoms with Gasteiger partial charge in [0.2, 0.25) is 0 Å². The molecule has 1 aliphatic carbocycles. The molecule has 0 spiro atoms. The van der Waals surface area contributed by atoms with Crippen molar-refractivity contribution in [1.82, 2.24) is 9.94 Å². The van der Waals surface area contributed by atoms with Gasteiger partial charge in [-0.25, -0.2) is 4.79 Å². The van der Waals surface area contributed by atoms with Crippen LogP contribution in [0.1, 0.15) is 38.7 Å². The highest BCUT2D eigenvalue weighted by atomic mass is 35.5. The predicted octanol–water partition coefficient (Wildman–Crippen LogP) is 3.64. The molecule has 0 radical (unpaired) electrons. The molecule has 0 amide bonds. The summed E-state index contributed by atoms with van der Waals surface area (Å²) in [5.41, 5.74) is 3.40. The molecule has 0 N–H and O–H groups in total. The Hall–Kier alpha value is -1.81. The molecular formula is C16H19ClN2O2. The Bertz CT molecular complexity index is 691. The zero-order valence-electron chi connectivity index (χ0n) is 12.2. The summed E-state index contributed by atoms with van der Waals surface area (Å²) in [7, 11) is 0. The molecule has 2 aromatic rings. The largest absolute Gasteiger partial charge is 0.331 e. The normalized spacial score (nSPS) is 18.0. The summed E-state index contributed by atoms with van der Waals surface area (Å²) in [6, 6.07) is 6.19. The SMILES string of the molecule is CC(=O)On1ncc2ccc(C3=CCC(C)CC3)cc21.Cl. The van der Waals surface area contributed by atoms with Crippen molar-refractivity contribution < 1.29 is 9.63 Å². The summed E-state index contributed by atoms with van der Waals surface area (Å²) >= 11 is 0. The summed E-state index contributed by atoms with van der Waals surface area (Å²) in [6.07, 6.45) is 7.50. The minimum atomic E-state index is -0.369. The summed E-state index contributed by atoms with van der Waals surface area (Å²) < 4.78 is 0.